The summed E-state index contributed by atoms with van der Waals surface area (Å²) in [4.78, 5) is 0. The van der Waals surface area contributed by atoms with Gasteiger partial charge in [0.1, 0.15) is 0 Å². The minimum Gasteiger partial charge on any atom is -0.314 e. The van der Waals surface area contributed by atoms with Crippen LogP contribution in [0.1, 0.15) is 45.1 Å². The van der Waals surface area contributed by atoms with Gasteiger partial charge in [0, 0.05) is 25.8 Å². The number of rotatable bonds is 5. The van der Waals surface area contributed by atoms with Crippen LogP contribution in [-0.2, 0) is 13.5 Å². The molecule has 0 spiro atoms. The van der Waals surface area contributed by atoms with Crippen LogP contribution in [0.25, 0.3) is 0 Å². The van der Waals surface area contributed by atoms with Crippen LogP contribution in [0, 0.1) is 17.3 Å². The lowest BCUT2D eigenvalue weighted by Gasteiger charge is -2.38. The molecular weight excluding hydrogens is 234 g/mol. The number of aryl methyl sites for hydroxylation is 1. The molecule has 3 rings (SSSR count). The zero-order valence-electron chi connectivity index (χ0n) is 12.5. The van der Waals surface area contributed by atoms with Crippen LogP contribution in [0.4, 0.5) is 0 Å². The van der Waals surface area contributed by atoms with Crippen molar-refractivity contribution in [3.05, 3.63) is 18.0 Å². The number of fused-ring (bicyclic) bond motifs is 2. The monoisotopic (exact) mass is 261 g/mol. The minimum absolute atomic E-state index is 0.496. The highest BCUT2D eigenvalue weighted by Crippen LogP contribution is 2.57. The van der Waals surface area contributed by atoms with Gasteiger partial charge in [-0.3, -0.25) is 4.68 Å². The largest absolute Gasteiger partial charge is 0.314 e. The van der Waals surface area contributed by atoms with Crippen molar-refractivity contribution < 1.29 is 0 Å². The SMILES string of the molecule is CC(C)NCC1(Cc2cnn(C)c2)CC2CCC1C2. The van der Waals surface area contributed by atoms with Gasteiger partial charge in [-0.05, 0) is 48.5 Å². The average Bonchev–Trinajstić information content (AvgIpc) is 3.03. The molecule has 2 saturated carbocycles. The van der Waals surface area contributed by atoms with Gasteiger partial charge in [-0.1, -0.05) is 20.3 Å². The summed E-state index contributed by atoms with van der Waals surface area (Å²) in [5.41, 5.74) is 1.91. The van der Waals surface area contributed by atoms with Gasteiger partial charge in [0.2, 0.25) is 0 Å². The van der Waals surface area contributed by atoms with Crippen LogP contribution in [-0.4, -0.2) is 22.4 Å². The maximum atomic E-state index is 4.34. The van der Waals surface area contributed by atoms with Crippen LogP contribution < -0.4 is 5.32 Å². The highest BCUT2D eigenvalue weighted by Gasteiger charge is 2.50. The Morgan fingerprint density at radius 3 is 2.84 bits per heavy atom. The molecule has 19 heavy (non-hydrogen) atoms. The fourth-order valence-electron chi connectivity index (χ4n) is 4.43. The van der Waals surface area contributed by atoms with Crippen molar-refractivity contribution in [2.45, 2.75) is 52.0 Å². The molecule has 1 aromatic heterocycles. The molecular formula is C16H27N3. The van der Waals surface area contributed by atoms with Crippen LogP contribution in [0.2, 0.25) is 0 Å². The second-order valence-electron chi connectivity index (χ2n) is 7.18. The molecule has 2 aliphatic rings. The lowest BCUT2D eigenvalue weighted by atomic mass is 9.69. The molecule has 2 fully saturated rings. The van der Waals surface area contributed by atoms with Gasteiger partial charge < -0.3 is 5.32 Å². The van der Waals surface area contributed by atoms with Gasteiger partial charge in [0.05, 0.1) is 6.20 Å². The predicted octanol–water partition coefficient (Wildman–Crippen LogP) is 2.77. The molecule has 1 aromatic rings. The second kappa shape index (κ2) is 4.93. The van der Waals surface area contributed by atoms with E-state index in [0.29, 0.717) is 11.5 Å². The van der Waals surface area contributed by atoms with E-state index < -0.39 is 0 Å². The molecule has 2 bridgehead atoms. The van der Waals surface area contributed by atoms with E-state index in [0.717, 1.165) is 11.8 Å². The fraction of sp³-hybridized carbons (Fsp3) is 0.812. The van der Waals surface area contributed by atoms with E-state index in [1.54, 1.807) is 0 Å². The molecule has 0 saturated heterocycles. The molecule has 106 valence electrons. The predicted molar refractivity (Wildman–Crippen MR) is 77.9 cm³/mol. The van der Waals surface area contributed by atoms with Crippen molar-refractivity contribution in [1.82, 2.24) is 15.1 Å². The molecule has 3 heteroatoms. The van der Waals surface area contributed by atoms with Crippen LogP contribution in [0.5, 0.6) is 0 Å². The van der Waals surface area contributed by atoms with E-state index >= 15 is 0 Å². The lowest BCUT2D eigenvalue weighted by molar-refractivity contribution is 0.152. The molecule has 1 heterocycles. The molecule has 1 N–H and O–H groups in total. The first kappa shape index (κ1) is 13.2. The van der Waals surface area contributed by atoms with E-state index in [1.807, 2.05) is 11.7 Å². The summed E-state index contributed by atoms with van der Waals surface area (Å²) >= 11 is 0. The number of hydrogen-bond acceptors (Lipinski definition) is 2. The molecule has 3 nitrogen and oxygen atoms in total. The Labute approximate surface area is 116 Å². The number of hydrogen-bond donors (Lipinski definition) is 1. The van der Waals surface area contributed by atoms with Gasteiger partial charge in [-0.15, -0.1) is 0 Å². The lowest BCUT2D eigenvalue weighted by Crippen LogP contribution is -2.42. The average molecular weight is 261 g/mol. The van der Waals surface area contributed by atoms with Crippen molar-refractivity contribution in [2.75, 3.05) is 6.54 Å². The van der Waals surface area contributed by atoms with Crippen molar-refractivity contribution in [3.8, 4) is 0 Å². The first-order valence-corrected chi connectivity index (χ1v) is 7.78. The third kappa shape index (κ3) is 2.58. The zero-order valence-corrected chi connectivity index (χ0v) is 12.5. The molecule has 3 atom stereocenters. The summed E-state index contributed by atoms with van der Waals surface area (Å²) in [6, 6.07) is 0.588. The summed E-state index contributed by atoms with van der Waals surface area (Å²) in [6.45, 7) is 5.69. The highest BCUT2D eigenvalue weighted by molar-refractivity contribution is 5.13. The first-order valence-electron chi connectivity index (χ1n) is 7.78. The second-order valence-corrected chi connectivity index (χ2v) is 7.18. The number of aromatic nitrogens is 2. The Morgan fingerprint density at radius 2 is 2.32 bits per heavy atom. The van der Waals surface area contributed by atoms with Crippen LogP contribution in [0.3, 0.4) is 0 Å². The van der Waals surface area contributed by atoms with Crippen LogP contribution >= 0.6 is 0 Å². The highest BCUT2D eigenvalue weighted by atomic mass is 15.2. The van der Waals surface area contributed by atoms with E-state index in [9.17, 15) is 0 Å². The number of nitrogens with one attached hydrogen (secondary N) is 1. The molecule has 3 unspecified atom stereocenters. The normalized spacial score (nSPS) is 33.5. The van der Waals surface area contributed by atoms with Gasteiger partial charge in [0.15, 0.2) is 0 Å². The first-order chi connectivity index (χ1) is 9.07. The Hall–Kier alpha value is -0.830. The Balaban J connectivity index is 1.76. The topological polar surface area (TPSA) is 29.9 Å². The summed E-state index contributed by atoms with van der Waals surface area (Å²) in [7, 11) is 2.02. The summed E-state index contributed by atoms with van der Waals surface area (Å²) < 4.78 is 1.94. The zero-order chi connectivity index (χ0) is 13.5. The van der Waals surface area contributed by atoms with Gasteiger partial charge >= 0.3 is 0 Å². The maximum Gasteiger partial charge on any atom is 0.0521 e. The van der Waals surface area contributed by atoms with Gasteiger partial charge in [-0.25, -0.2) is 0 Å². The van der Waals surface area contributed by atoms with Crippen molar-refractivity contribution in [1.29, 1.82) is 0 Å². The summed E-state index contributed by atoms with van der Waals surface area (Å²) in [6.07, 6.45) is 11.3. The van der Waals surface area contributed by atoms with Crippen molar-refractivity contribution in [3.63, 3.8) is 0 Å². The Morgan fingerprint density at radius 1 is 1.47 bits per heavy atom. The number of nitrogens with zero attached hydrogens (tertiary/aromatic N) is 2. The standard InChI is InChI=1S/C16H27N3/c1-12(2)17-11-16(7-13-4-5-15(16)6-13)8-14-9-18-19(3)10-14/h9-10,12-13,15,17H,4-8,11H2,1-3H3. The third-order valence-corrected chi connectivity index (χ3v) is 5.28. The van der Waals surface area contributed by atoms with Crippen molar-refractivity contribution >= 4 is 0 Å². The van der Waals surface area contributed by atoms with E-state index in [1.165, 1.54) is 44.2 Å². The molecule has 0 aliphatic heterocycles. The van der Waals surface area contributed by atoms with Crippen molar-refractivity contribution in [2.24, 2.45) is 24.3 Å². The fourth-order valence-corrected chi connectivity index (χ4v) is 4.43. The smallest absolute Gasteiger partial charge is 0.0521 e. The third-order valence-electron chi connectivity index (χ3n) is 5.28. The Kier molecular flexibility index (Phi) is 3.42. The van der Waals surface area contributed by atoms with Gasteiger partial charge in [-0.2, -0.15) is 5.10 Å². The van der Waals surface area contributed by atoms with E-state index in [4.69, 9.17) is 0 Å². The quantitative estimate of drug-likeness (QED) is 0.883. The molecule has 0 amide bonds. The van der Waals surface area contributed by atoms with Gasteiger partial charge in [0.25, 0.3) is 0 Å². The maximum absolute atomic E-state index is 4.34. The molecule has 0 radical (unpaired) electrons. The Bertz CT molecular complexity index is 437. The summed E-state index contributed by atoms with van der Waals surface area (Å²) in [5.74, 6) is 1.93. The van der Waals surface area contributed by atoms with Crippen LogP contribution in [0.15, 0.2) is 12.4 Å². The summed E-state index contributed by atoms with van der Waals surface area (Å²) in [5, 5.41) is 8.06. The van der Waals surface area contributed by atoms with E-state index in [-0.39, 0.29) is 0 Å². The molecule has 0 aromatic carbocycles. The van der Waals surface area contributed by atoms with E-state index in [2.05, 4.69) is 36.7 Å². The minimum atomic E-state index is 0.496. The molecule has 2 aliphatic carbocycles.